The van der Waals surface area contributed by atoms with Gasteiger partial charge >= 0.3 is 11.4 Å². The van der Waals surface area contributed by atoms with Crippen molar-refractivity contribution in [3.63, 3.8) is 0 Å². The fourth-order valence-corrected chi connectivity index (χ4v) is 4.63. The molecule has 0 saturated heterocycles. The van der Waals surface area contributed by atoms with Crippen LogP contribution in [0, 0.1) is 13.8 Å². The van der Waals surface area contributed by atoms with Crippen molar-refractivity contribution in [2.24, 2.45) is 0 Å². The van der Waals surface area contributed by atoms with Gasteiger partial charge in [0.25, 0.3) is 11.1 Å². The molecule has 9 nitrogen and oxygen atoms in total. The van der Waals surface area contributed by atoms with Crippen LogP contribution in [0.5, 0.6) is 0 Å². The van der Waals surface area contributed by atoms with E-state index in [1.165, 1.54) is 10.6 Å². The molecule has 0 unspecified atom stereocenters. The molecule has 4 aromatic rings. The van der Waals surface area contributed by atoms with Gasteiger partial charge in [-0.3, -0.25) is 19.1 Å². The van der Waals surface area contributed by atoms with Gasteiger partial charge in [0, 0.05) is 5.69 Å². The van der Waals surface area contributed by atoms with Crippen molar-refractivity contribution in [1.82, 2.24) is 23.7 Å². The second-order valence-electron chi connectivity index (χ2n) is 9.02. The average molecular weight is 504 g/mol. The van der Waals surface area contributed by atoms with Gasteiger partial charge in [-0.2, -0.15) is 4.98 Å². The molecule has 9 heteroatoms. The highest BCUT2D eigenvalue weighted by Crippen LogP contribution is 2.26. The summed E-state index contributed by atoms with van der Waals surface area (Å²) in [5.74, 6) is 0.0374. The van der Waals surface area contributed by atoms with Crippen LogP contribution >= 0.6 is 0 Å². The second kappa shape index (κ2) is 8.67. The first-order chi connectivity index (χ1) is 18.3. The Hall–Kier alpha value is -5.31. The first-order valence-corrected chi connectivity index (χ1v) is 11.9. The lowest BCUT2D eigenvalue weighted by molar-refractivity contribution is 0.840. The van der Waals surface area contributed by atoms with Crippen LogP contribution in [0.3, 0.4) is 0 Å². The third-order valence-corrected chi connectivity index (χ3v) is 6.69. The van der Waals surface area contributed by atoms with Gasteiger partial charge in [-0.15, -0.1) is 0 Å². The molecule has 0 fully saturated rings. The SMILES string of the molecule is Cc1ccc(-n2c3nc(=O)n(-c4ccccc4)c(=O)c-3cc3c(=O)n(-c4ccccc4)c(=O)[nH]c32)cc1C. The van der Waals surface area contributed by atoms with Crippen LogP contribution in [0.15, 0.2) is 104 Å². The van der Waals surface area contributed by atoms with Gasteiger partial charge in [0.15, 0.2) is 5.82 Å². The van der Waals surface area contributed by atoms with E-state index in [1.54, 1.807) is 66.7 Å². The fourth-order valence-electron chi connectivity index (χ4n) is 4.63. The molecule has 0 amide bonds. The molecular weight excluding hydrogens is 482 g/mol. The van der Waals surface area contributed by atoms with Gasteiger partial charge in [0.05, 0.1) is 22.3 Å². The van der Waals surface area contributed by atoms with Crippen molar-refractivity contribution >= 4 is 11.0 Å². The summed E-state index contributed by atoms with van der Waals surface area (Å²) in [6.07, 6.45) is 0. The number of fused-ring (bicyclic) bond motifs is 2. The predicted octanol–water partition coefficient (Wildman–Crippen LogP) is 3.10. The third-order valence-electron chi connectivity index (χ3n) is 6.69. The van der Waals surface area contributed by atoms with Crippen molar-refractivity contribution < 1.29 is 0 Å². The van der Waals surface area contributed by atoms with Crippen LogP contribution in [0.25, 0.3) is 39.5 Å². The van der Waals surface area contributed by atoms with Gasteiger partial charge in [0.1, 0.15) is 5.65 Å². The number of aromatic amines is 1. The van der Waals surface area contributed by atoms with Crippen LogP contribution in [-0.4, -0.2) is 23.7 Å². The summed E-state index contributed by atoms with van der Waals surface area (Å²) in [5, 5.41) is 0.0938. The summed E-state index contributed by atoms with van der Waals surface area (Å²) >= 11 is 0. The van der Waals surface area contributed by atoms with Crippen molar-refractivity contribution in [1.29, 1.82) is 0 Å². The highest BCUT2D eigenvalue weighted by atomic mass is 16.2. The maximum atomic E-state index is 13.8. The van der Waals surface area contributed by atoms with Crippen molar-refractivity contribution in [3.8, 4) is 28.5 Å². The molecule has 1 aromatic heterocycles. The third kappa shape index (κ3) is 3.52. The normalized spacial score (nSPS) is 11.3. The van der Waals surface area contributed by atoms with Gasteiger partial charge in [-0.05, 0) is 67.4 Å². The highest BCUT2D eigenvalue weighted by Gasteiger charge is 2.24. The molecule has 38 heavy (non-hydrogen) atoms. The topological polar surface area (TPSA) is 112 Å². The predicted molar refractivity (Wildman–Crippen MR) is 145 cm³/mol. The van der Waals surface area contributed by atoms with Crippen LogP contribution < -0.4 is 22.5 Å². The number of H-pyrrole nitrogens is 1. The zero-order valence-corrected chi connectivity index (χ0v) is 20.5. The van der Waals surface area contributed by atoms with Gasteiger partial charge in [-0.1, -0.05) is 42.5 Å². The number of nitrogens with zero attached hydrogens (tertiary/aromatic N) is 4. The smallest absolute Gasteiger partial charge is 0.292 e. The van der Waals surface area contributed by atoms with Gasteiger partial charge < -0.3 is 0 Å². The molecule has 0 spiro atoms. The molecular formula is C29H21N5O4. The van der Waals surface area contributed by atoms with Crippen LogP contribution in [-0.2, 0) is 0 Å². The number of benzene rings is 3. The van der Waals surface area contributed by atoms with E-state index in [0.717, 1.165) is 20.3 Å². The number of para-hydroxylation sites is 2. The minimum Gasteiger partial charge on any atom is -0.292 e. The maximum Gasteiger partial charge on any atom is 0.357 e. The van der Waals surface area contributed by atoms with E-state index in [4.69, 9.17) is 0 Å². The molecule has 2 aliphatic heterocycles. The molecule has 0 atom stereocenters. The van der Waals surface area contributed by atoms with E-state index in [2.05, 4.69) is 9.97 Å². The first-order valence-electron chi connectivity index (χ1n) is 11.9. The molecule has 186 valence electrons. The minimum absolute atomic E-state index is 0.0374. The van der Waals surface area contributed by atoms with Gasteiger partial charge in [0.2, 0.25) is 0 Å². The summed E-state index contributed by atoms with van der Waals surface area (Å²) < 4.78 is 3.48. The standard InChI is InChI=1S/C29H21N5O4/c1-17-13-14-21(15-18(17)2)32-24-22(26(35)33(28(37)30-24)19-9-5-3-6-10-19)16-23-25(32)31-29(38)34(27(23)36)20-11-7-4-8-12-20/h3-16H,1-2H3,(H,30,37). The average Bonchev–Trinajstić information content (AvgIpc) is 2.91. The number of aromatic nitrogens is 5. The van der Waals surface area contributed by atoms with E-state index in [1.807, 2.05) is 26.0 Å². The Bertz CT molecular complexity index is 2020. The number of hydrogen-bond acceptors (Lipinski definition) is 5. The van der Waals surface area contributed by atoms with E-state index in [9.17, 15) is 19.2 Å². The number of hydrogen-bond donors (Lipinski definition) is 1. The Morgan fingerprint density at radius 1 is 0.632 bits per heavy atom. The van der Waals surface area contributed by atoms with Crippen molar-refractivity contribution in [3.05, 3.63) is 138 Å². The largest absolute Gasteiger partial charge is 0.357 e. The molecule has 6 rings (SSSR count). The Balaban J connectivity index is 1.82. The highest BCUT2D eigenvalue weighted by molar-refractivity contribution is 5.84. The van der Waals surface area contributed by atoms with E-state index in [0.29, 0.717) is 17.1 Å². The zero-order valence-electron chi connectivity index (χ0n) is 20.5. The summed E-state index contributed by atoms with van der Waals surface area (Å²) in [5.41, 5.74) is 0.786. The summed E-state index contributed by atoms with van der Waals surface area (Å²) in [6.45, 7) is 3.88. The molecule has 1 N–H and O–H groups in total. The van der Waals surface area contributed by atoms with Gasteiger partial charge in [-0.25, -0.2) is 18.7 Å². The van der Waals surface area contributed by atoms with Crippen LogP contribution in [0.1, 0.15) is 11.1 Å². The Morgan fingerprint density at radius 2 is 1.26 bits per heavy atom. The lowest BCUT2D eigenvalue weighted by Gasteiger charge is -2.19. The first kappa shape index (κ1) is 23.1. The maximum absolute atomic E-state index is 13.8. The molecule has 2 aliphatic rings. The monoisotopic (exact) mass is 503 g/mol. The minimum atomic E-state index is -0.773. The Kier molecular flexibility index (Phi) is 5.27. The fraction of sp³-hybridized carbons (Fsp3) is 0.0690. The summed E-state index contributed by atoms with van der Waals surface area (Å²) in [7, 11) is 0. The summed E-state index contributed by atoms with van der Waals surface area (Å²) in [6, 6.07) is 23.9. The van der Waals surface area contributed by atoms with E-state index >= 15 is 0 Å². The number of pyridine rings is 1. The van der Waals surface area contributed by atoms with Crippen molar-refractivity contribution in [2.75, 3.05) is 0 Å². The number of aryl methyl sites for hydroxylation is 2. The molecule has 3 aromatic carbocycles. The Labute approximate surface area is 214 Å². The van der Waals surface area contributed by atoms with Crippen LogP contribution in [0.2, 0.25) is 0 Å². The lowest BCUT2D eigenvalue weighted by Crippen LogP contribution is -2.38. The molecule has 0 saturated carbocycles. The van der Waals surface area contributed by atoms with E-state index in [-0.39, 0.29) is 22.4 Å². The summed E-state index contributed by atoms with van der Waals surface area (Å²) in [4.78, 5) is 61.0. The molecule has 0 bridgehead atoms. The second-order valence-corrected chi connectivity index (χ2v) is 9.02. The van der Waals surface area contributed by atoms with Crippen LogP contribution in [0.4, 0.5) is 0 Å². The quantitative estimate of drug-likeness (QED) is 0.373. The molecule has 0 radical (unpaired) electrons. The molecule has 0 aliphatic carbocycles. The number of nitrogens with one attached hydrogen (secondary N) is 1. The molecule has 3 heterocycles. The number of rotatable bonds is 3. The Morgan fingerprint density at radius 3 is 1.89 bits per heavy atom. The lowest BCUT2D eigenvalue weighted by atomic mass is 10.1. The van der Waals surface area contributed by atoms with E-state index < -0.39 is 22.5 Å². The van der Waals surface area contributed by atoms with Crippen molar-refractivity contribution in [2.45, 2.75) is 13.8 Å². The zero-order chi connectivity index (χ0) is 26.6.